The molecule has 2 aromatic rings. The molecule has 1 heterocycles. The van der Waals surface area contributed by atoms with E-state index in [1.165, 1.54) is 6.07 Å². The molecule has 0 unspecified atom stereocenters. The Morgan fingerprint density at radius 2 is 1.81 bits per heavy atom. The Bertz CT molecular complexity index is 848. The molecule has 27 heavy (non-hydrogen) atoms. The van der Waals surface area contributed by atoms with Crippen molar-refractivity contribution in [3.05, 3.63) is 65.5 Å². The van der Waals surface area contributed by atoms with Gasteiger partial charge in [0.2, 0.25) is 11.8 Å². The summed E-state index contributed by atoms with van der Waals surface area (Å²) in [5.41, 5.74) is 1.99. The minimum atomic E-state index is -0.563. The van der Waals surface area contributed by atoms with Crippen molar-refractivity contribution in [2.24, 2.45) is 0 Å². The van der Waals surface area contributed by atoms with E-state index in [9.17, 15) is 14.0 Å². The number of carbonyl (C=O) groups excluding carboxylic acids is 2. The standard InChI is InChI=1S/C22H25FN2O2/c1-22(2)17-10-4-6-12-19(17)25(21(22)27)15-13-20(26)24-14-7-9-16-8-3-5-11-18(16)23/h3-6,8,10-12H,7,9,13-15H2,1-2H3,(H,24,26). The first-order valence-corrected chi connectivity index (χ1v) is 9.33. The van der Waals surface area contributed by atoms with Gasteiger partial charge in [-0.05, 0) is 49.9 Å². The quantitative estimate of drug-likeness (QED) is 0.760. The molecule has 4 nitrogen and oxygen atoms in total. The summed E-state index contributed by atoms with van der Waals surface area (Å²) in [4.78, 5) is 26.5. The molecular weight excluding hydrogens is 343 g/mol. The average Bonchev–Trinajstić information content (AvgIpc) is 2.85. The number of hydrogen-bond acceptors (Lipinski definition) is 2. The number of hydrogen-bond donors (Lipinski definition) is 1. The first-order valence-electron chi connectivity index (χ1n) is 9.33. The topological polar surface area (TPSA) is 49.4 Å². The predicted octanol–water partition coefficient (Wildman–Crippen LogP) is 3.59. The minimum Gasteiger partial charge on any atom is -0.356 e. The molecule has 1 aliphatic heterocycles. The molecule has 0 radical (unpaired) electrons. The lowest BCUT2D eigenvalue weighted by Crippen LogP contribution is -2.38. The highest BCUT2D eigenvalue weighted by atomic mass is 19.1. The second-order valence-electron chi connectivity index (χ2n) is 7.39. The fraction of sp³-hybridized carbons (Fsp3) is 0.364. The third-order valence-electron chi connectivity index (χ3n) is 5.11. The monoisotopic (exact) mass is 368 g/mol. The summed E-state index contributed by atoms with van der Waals surface area (Å²) in [5.74, 6) is -0.285. The van der Waals surface area contributed by atoms with Gasteiger partial charge in [0.25, 0.3) is 0 Å². The molecule has 2 aromatic carbocycles. The lowest BCUT2D eigenvalue weighted by atomic mass is 9.86. The van der Waals surface area contributed by atoms with Crippen LogP contribution in [-0.4, -0.2) is 24.9 Å². The van der Waals surface area contributed by atoms with Crippen LogP contribution >= 0.6 is 0 Å². The molecule has 0 aromatic heterocycles. The van der Waals surface area contributed by atoms with Crippen LogP contribution in [0.4, 0.5) is 10.1 Å². The number of anilines is 1. The highest BCUT2D eigenvalue weighted by molar-refractivity contribution is 6.07. The Hall–Kier alpha value is -2.69. The van der Waals surface area contributed by atoms with Gasteiger partial charge in [0.05, 0.1) is 5.41 Å². The Morgan fingerprint density at radius 3 is 2.59 bits per heavy atom. The second-order valence-corrected chi connectivity index (χ2v) is 7.39. The van der Waals surface area contributed by atoms with Crippen molar-refractivity contribution in [1.82, 2.24) is 5.32 Å². The van der Waals surface area contributed by atoms with Crippen LogP contribution in [-0.2, 0) is 21.4 Å². The molecule has 0 saturated heterocycles. The summed E-state index contributed by atoms with van der Waals surface area (Å²) in [6.45, 7) is 4.68. The van der Waals surface area contributed by atoms with E-state index in [1.807, 2.05) is 44.2 Å². The molecule has 5 heteroatoms. The molecule has 2 amide bonds. The van der Waals surface area contributed by atoms with Crippen LogP contribution in [0.2, 0.25) is 0 Å². The van der Waals surface area contributed by atoms with Crippen molar-refractivity contribution in [2.75, 3.05) is 18.0 Å². The molecule has 142 valence electrons. The van der Waals surface area contributed by atoms with Crippen molar-refractivity contribution in [3.63, 3.8) is 0 Å². The van der Waals surface area contributed by atoms with Crippen LogP contribution < -0.4 is 10.2 Å². The summed E-state index contributed by atoms with van der Waals surface area (Å²) in [6.07, 6.45) is 1.50. The first kappa shape index (κ1) is 19.1. The maximum absolute atomic E-state index is 13.6. The molecule has 0 bridgehead atoms. The fourth-order valence-electron chi connectivity index (χ4n) is 3.53. The Morgan fingerprint density at radius 1 is 1.11 bits per heavy atom. The molecule has 0 atom stereocenters. The van der Waals surface area contributed by atoms with Crippen LogP contribution in [0, 0.1) is 5.82 Å². The average molecular weight is 368 g/mol. The number of rotatable bonds is 7. The van der Waals surface area contributed by atoms with Gasteiger partial charge < -0.3 is 10.2 Å². The molecular formula is C22H25FN2O2. The summed E-state index contributed by atoms with van der Waals surface area (Å²) < 4.78 is 13.6. The van der Waals surface area contributed by atoms with Gasteiger partial charge >= 0.3 is 0 Å². The Kier molecular flexibility index (Phi) is 5.59. The molecule has 3 rings (SSSR count). The van der Waals surface area contributed by atoms with Crippen molar-refractivity contribution in [3.8, 4) is 0 Å². The smallest absolute Gasteiger partial charge is 0.237 e. The molecule has 1 N–H and O–H groups in total. The van der Waals surface area contributed by atoms with Gasteiger partial charge in [-0.2, -0.15) is 0 Å². The highest BCUT2D eigenvalue weighted by Gasteiger charge is 2.43. The van der Waals surface area contributed by atoms with Crippen LogP contribution in [0.25, 0.3) is 0 Å². The van der Waals surface area contributed by atoms with Gasteiger partial charge in [0.1, 0.15) is 5.82 Å². The van der Waals surface area contributed by atoms with Crippen LogP contribution in [0.5, 0.6) is 0 Å². The van der Waals surface area contributed by atoms with Crippen molar-refractivity contribution in [1.29, 1.82) is 0 Å². The largest absolute Gasteiger partial charge is 0.356 e. The van der Waals surface area contributed by atoms with Gasteiger partial charge in [-0.25, -0.2) is 4.39 Å². The summed E-state index contributed by atoms with van der Waals surface area (Å²) in [7, 11) is 0. The number of nitrogens with one attached hydrogen (secondary N) is 1. The summed E-state index contributed by atoms with van der Waals surface area (Å²) >= 11 is 0. The van der Waals surface area contributed by atoms with E-state index in [1.54, 1.807) is 17.0 Å². The third kappa shape index (κ3) is 4.02. The molecule has 0 spiro atoms. The Labute approximate surface area is 159 Å². The SMILES string of the molecule is CC1(C)C(=O)N(CCC(=O)NCCCc2ccccc2F)c2ccccc21. The maximum atomic E-state index is 13.6. The normalized spacial score (nSPS) is 14.9. The van der Waals surface area contributed by atoms with Crippen molar-refractivity contribution in [2.45, 2.75) is 38.5 Å². The lowest BCUT2D eigenvalue weighted by Gasteiger charge is -2.20. The van der Waals surface area contributed by atoms with Gasteiger partial charge in [-0.3, -0.25) is 9.59 Å². The van der Waals surface area contributed by atoms with Gasteiger partial charge in [0, 0.05) is 25.2 Å². The molecule has 1 aliphatic rings. The minimum absolute atomic E-state index is 0.0241. The molecule has 0 aliphatic carbocycles. The van der Waals surface area contributed by atoms with E-state index in [0.29, 0.717) is 31.5 Å². The molecule has 0 fully saturated rings. The number of nitrogens with zero attached hydrogens (tertiary/aromatic N) is 1. The van der Waals surface area contributed by atoms with Gasteiger partial charge in [-0.1, -0.05) is 36.4 Å². The van der Waals surface area contributed by atoms with Crippen molar-refractivity contribution >= 4 is 17.5 Å². The molecule has 0 saturated carbocycles. The predicted molar refractivity (Wildman–Crippen MR) is 104 cm³/mol. The van der Waals surface area contributed by atoms with Crippen molar-refractivity contribution < 1.29 is 14.0 Å². The van der Waals surface area contributed by atoms with Gasteiger partial charge in [-0.15, -0.1) is 0 Å². The van der Waals surface area contributed by atoms with E-state index < -0.39 is 5.41 Å². The number of halogens is 1. The van der Waals surface area contributed by atoms with E-state index in [-0.39, 0.29) is 24.1 Å². The first-order chi connectivity index (χ1) is 12.9. The summed E-state index contributed by atoms with van der Waals surface area (Å²) in [6, 6.07) is 14.4. The summed E-state index contributed by atoms with van der Waals surface area (Å²) in [5, 5.41) is 2.86. The lowest BCUT2D eigenvalue weighted by molar-refractivity contribution is -0.122. The third-order valence-corrected chi connectivity index (χ3v) is 5.11. The number of carbonyl (C=O) groups is 2. The Balaban J connectivity index is 1.47. The van der Waals surface area contributed by atoms with Crippen LogP contribution in [0.1, 0.15) is 37.8 Å². The number of para-hydroxylation sites is 1. The fourth-order valence-corrected chi connectivity index (χ4v) is 3.53. The maximum Gasteiger partial charge on any atom is 0.237 e. The highest BCUT2D eigenvalue weighted by Crippen LogP contribution is 2.41. The number of fused-ring (bicyclic) bond motifs is 1. The van der Waals surface area contributed by atoms with Crippen LogP contribution in [0.15, 0.2) is 48.5 Å². The zero-order valence-corrected chi connectivity index (χ0v) is 15.8. The second kappa shape index (κ2) is 7.91. The zero-order chi connectivity index (χ0) is 19.4. The number of benzene rings is 2. The number of aryl methyl sites for hydroxylation is 1. The number of amides is 2. The van der Waals surface area contributed by atoms with Crippen LogP contribution in [0.3, 0.4) is 0 Å². The van der Waals surface area contributed by atoms with E-state index in [4.69, 9.17) is 0 Å². The van der Waals surface area contributed by atoms with Gasteiger partial charge in [0.15, 0.2) is 0 Å². The van der Waals surface area contributed by atoms with E-state index >= 15 is 0 Å². The zero-order valence-electron chi connectivity index (χ0n) is 15.8. The van der Waals surface area contributed by atoms with E-state index in [0.717, 1.165) is 11.3 Å². The van der Waals surface area contributed by atoms with E-state index in [2.05, 4.69) is 5.32 Å².